The van der Waals surface area contributed by atoms with Crippen LogP contribution in [0.2, 0.25) is 5.28 Å². The third-order valence-corrected chi connectivity index (χ3v) is 3.64. The van der Waals surface area contributed by atoms with Crippen LogP contribution in [-0.2, 0) is 13.6 Å². The van der Waals surface area contributed by atoms with Crippen molar-refractivity contribution in [3.05, 3.63) is 35.4 Å². The number of nitrogens with zero attached hydrogens (tertiary/aromatic N) is 4. The van der Waals surface area contributed by atoms with Crippen molar-refractivity contribution in [2.24, 2.45) is 7.05 Å². The smallest absolute Gasteiger partial charge is 0.226 e. The van der Waals surface area contributed by atoms with Gasteiger partial charge in [0.2, 0.25) is 5.28 Å². The Bertz CT molecular complexity index is 849. The number of imidazole rings is 1. The van der Waals surface area contributed by atoms with Gasteiger partial charge in [-0.05, 0) is 23.7 Å². The van der Waals surface area contributed by atoms with Gasteiger partial charge >= 0.3 is 0 Å². The first-order chi connectivity index (χ1) is 11.1. The minimum atomic E-state index is 0.172. The van der Waals surface area contributed by atoms with E-state index in [1.54, 1.807) is 25.1 Å². The van der Waals surface area contributed by atoms with Gasteiger partial charge in [-0.2, -0.15) is 9.97 Å². The third kappa shape index (κ3) is 3.00. The van der Waals surface area contributed by atoms with Gasteiger partial charge in [0.1, 0.15) is 11.5 Å². The van der Waals surface area contributed by atoms with Gasteiger partial charge in [0.05, 0.1) is 20.5 Å². The summed E-state index contributed by atoms with van der Waals surface area (Å²) in [6.45, 7) is 0.506. The van der Waals surface area contributed by atoms with E-state index in [1.165, 1.54) is 0 Å². The second-order valence-electron chi connectivity index (χ2n) is 4.90. The minimum Gasteiger partial charge on any atom is -0.497 e. The Balaban J connectivity index is 1.89. The van der Waals surface area contributed by atoms with Gasteiger partial charge in [-0.15, -0.1) is 0 Å². The van der Waals surface area contributed by atoms with Gasteiger partial charge in [-0.1, -0.05) is 0 Å². The first kappa shape index (κ1) is 15.4. The first-order valence-corrected chi connectivity index (χ1v) is 7.29. The average Bonchev–Trinajstić information content (AvgIpc) is 2.93. The fourth-order valence-corrected chi connectivity index (χ4v) is 2.44. The van der Waals surface area contributed by atoms with Crippen molar-refractivity contribution in [1.29, 1.82) is 0 Å². The Morgan fingerprint density at radius 1 is 1.22 bits per heavy atom. The fourth-order valence-electron chi connectivity index (χ4n) is 2.28. The van der Waals surface area contributed by atoms with Crippen LogP contribution in [0.1, 0.15) is 5.56 Å². The molecule has 7 nitrogen and oxygen atoms in total. The lowest BCUT2D eigenvalue weighted by Gasteiger charge is -2.12. The molecule has 3 aromatic rings. The molecule has 0 saturated heterocycles. The van der Waals surface area contributed by atoms with Crippen LogP contribution in [0.25, 0.3) is 11.2 Å². The van der Waals surface area contributed by atoms with Gasteiger partial charge in [0.25, 0.3) is 0 Å². The van der Waals surface area contributed by atoms with Crippen LogP contribution >= 0.6 is 11.6 Å². The molecule has 8 heteroatoms. The highest BCUT2D eigenvalue weighted by Gasteiger charge is 2.12. The summed E-state index contributed by atoms with van der Waals surface area (Å²) in [6, 6.07) is 5.65. The molecule has 0 aliphatic carbocycles. The Kier molecular flexibility index (Phi) is 4.20. The first-order valence-electron chi connectivity index (χ1n) is 6.91. The lowest BCUT2D eigenvalue weighted by molar-refractivity contribution is 0.391. The molecule has 23 heavy (non-hydrogen) atoms. The number of benzene rings is 1. The second kappa shape index (κ2) is 6.29. The number of fused-ring (bicyclic) bond motifs is 1. The zero-order valence-corrected chi connectivity index (χ0v) is 13.8. The highest BCUT2D eigenvalue weighted by atomic mass is 35.5. The van der Waals surface area contributed by atoms with Gasteiger partial charge in [-0.3, -0.25) is 0 Å². The number of anilines is 1. The number of hydrogen-bond acceptors (Lipinski definition) is 6. The van der Waals surface area contributed by atoms with E-state index in [1.807, 2.05) is 25.2 Å². The van der Waals surface area contributed by atoms with Crippen molar-refractivity contribution in [1.82, 2.24) is 19.5 Å². The predicted octanol–water partition coefficient (Wildman–Crippen LogP) is 2.65. The maximum absolute atomic E-state index is 5.99. The molecule has 0 radical (unpaired) electrons. The largest absolute Gasteiger partial charge is 0.497 e. The number of rotatable bonds is 5. The van der Waals surface area contributed by atoms with Crippen LogP contribution in [0.15, 0.2) is 24.5 Å². The molecule has 0 unspecified atom stereocenters. The SMILES string of the molecule is COc1ccc(CNc2nc(Cl)nc3c2ncn3C)c(OC)c1. The van der Waals surface area contributed by atoms with Crippen LogP contribution < -0.4 is 14.8 Å². The summed E-state index contributed by atoms with van der Waals surface area (Å²) < 4.78 is 12.4. The molecule has 1 N–H and O–H groups in total. The lowest BCUT2D eigenvalue weighted by atomic mass is 10.2. The van der Waals surface area contributed by atoms with E-state index in [9.17, 15) is 0 Å². The van der Waals surface area contributed by atoms with E-state index in [4.69, 9.17) is 21.1 Å². The van der Waals surface area contributed by atoms with Gasteiger partial charge in [-0.25, -0.2) is 4.98 Å². The highest BCUT2D eigenvalue weighted by molar-refractivity contribution is 6.28. The second-order valence-corrected chi connectivity index (χ2v) is 5.24. The monoisotopic (exact) mass is 333 g/mol. The molecule has 2 heterocycles. The summed E-state index contributed by atoms with van der Waals surface area (Å²) in [4.78, 5) is 12.7. The number of nitrogens with one attached hydrogen (secondary N) is 1. The topological polar surface area (TPSA) is 74.1 Å². The molecule has 1 aromatic carbocycles. The van der Waals surface area contributed by atoms with E-state index in [0.29, 0.717) is 23.5 Å². The van der Waals surface area contributed by atoms with E-state index in [-0.39, 0.29) is 5.28 Å². The summed E-state index contributed by atoms with van der Waals surface area (Å²) in [5, 5.41) is 3.41. The third-order valence-electron chi connectivity index (χ3n) is 3.47. The zero-order valence-electron chi connectivity index (χ0n) is 13.0. The van der Waals surface area contributed by atoms with Crippen molar-refractivity contribution in [2.75, 3.05) is 19.5 Å². The molecule has 0 saturated carbocycles. The highest BCUT2D eigenvalue weighted by Crippen LogP contribution is 2.26. The van der Waals surface area contributed by atoms with Crippen molar-refractivity contribution >= 4 is 28.6 Å². The maximum Gasteiger partial charge on any atom is 0.226 e. The number of hydrogen-bond donors (Lipinski definition) is 1. The predicted molar refractivity (Wildman–Crippen MR) is 88.2 cm³/mol. The van der Waals surface area contributed by atoms with Crippen molar-refractivity contribution in [2.45, 2.75) is 6.54 Å². The average molecular weight is 334 g/mol. The molecule has 0 bridgehead atoms. The van der Waals surface area contributed by atoms with Crippen LogP contribution in [0.3, 0.4) is 0 Å². The Morgan fingerprint density at radius 3 is 2.78 bits per heavy atom. The van der Waals surface area contributed by atoms with E-state index in [0.717, 1.165) is 17.1 Å². The minimum absolute atomic E-state index is 0.172. The summed E-state index contributed by atoms with van der Waals surface area (Å²) in [7, 11) is 5.10. The number of ether oxygens (including phenoxy) is 2. The molecule has 2 aromatic heterocycles. The number of methoxy groups -OCH3 is 2. The van der Waals surface area contributed by atoms with Gasteiger partial charge in [0.15, 0.2) is 17.0 Å². The molecule has 0 spiro atoms. The Hall–Kier alpha value is -2.54. The lowest BCUT2D eigenvalue weighted by Crippen LogP contribution is -2.05. The normalized spacial score (nSPS) is 10.8. The Labute approximate surface area is 138 Å². The number of aryl methyl sites for hydroxylation is 1. The standard InChI is InChI=1S/C15H16ClN5O2/c1-21-8-18-12-13(19-15(16)20-14(12)21)17-7-9-4-5-10(22-2)6-11(9)23-3/h4-6,8H,7H2,1-3H3,(H,17,19,20). The summed E-state index contributed by atoms with van der Waals surface area (Å²) in [6.07, 6.45) is 1.68. The van der Waals surface area contributed by atoms with E-state index >= 15 is 0 Å². The summed E-state index contributed by atoms with van der Waals surface area (Å²) in [5.41, 5.74) is 2.31. The van der Waals surface area contributed by atoms with Crippen LogP contribution in [0, 0.1) is 0 Å². The van der Waals surface area contributed by atoms with Crippen LogP contribution in [0.5, 0.6) is 11.5 Å². The molecule has 0 aliphatic heterocycles. The van der Waals surface area contributed by atoms with E-state index < -0.39 is 0 Å². The maximum atomic E-state index is 5.99. The number of aromatic nitrogens is 4. The molecule has 120 valence electrons. The van der Waals surface area contributed by atoms with Crippen LogP contribution in [-0.4, -0.2) is 33.7 Å². The zero-order chi connectivity index (χ0) is 16.4. The molecular weight excluding hydrogens is 318 g/mol. The van der Waals surface area contributed by atoms with Gasteiger partial charge in [0, 0.05) is 25.2 Å². The van der Waals surface area contributed by atoms with Crippen LogP contribution in [0.4, 0.5) is 5.82 Å². The fraction of sp³-hybridized carbons (Fsp3) is 0.267. The molecule has 0 amide bonds. The van der Waals surface area contributed by atoms with Crippen molar-refractivity contribution in [3.63, 3.8) is 0 Å². The molecule has 0 atom stereocenters. The molecular formula is C15H16ClN5O2. The molecule has 0 fully saturated rings. The van der Waals surface area contributed by atoms with Crippen molar-refractivity contribution in [3.8, 4) is 11.5 Å². The Morgan fingerprint density at radius 2 is 2.04 bits per heavy atom. The van der Waals surface area contributed by atoms with Gasteiger partial charge < -0.3 is 19.4 Å². The molecule has 3 rings (SSSR count). The van der Waals surface area contributed by atoms with Crippen molar-refractivity contribution < 1.29 is 9.47 Å². The quantitative estimate of drug-likeness (QED) is 0.723. The summed E-state index contributed by atoms with van der Waals surface area (Å²) >= 11 is 5.99. The summed E-state index contributed by atoms with van der Waals surface area (Å²) in [5.74, 6) is 2.05. The number of halogens is 1. The van der Waals surface area contributed by atoms with E-state index in [2.05, 4.69) is 20.3 Å². The molecule has 0 aliphatic rings.